The topological polar surface area (TPSA) is 88.1 Å². The number of nitrogens with one attached hydrogen (secondary N) is 2. The number of halogens is 1. The van der Waals surface area contributed by atoms with Gasteiger partial charge in [-0.1, -0.05) is 41.6 Å². The third kappa shape index (κ3) is 4.64. The van der Waals surface area contributed by atoms with Crippen LogP contribution in [0.3, 0.4) is 0 Å². The highest BCUT2D eigenvalue weighted by molar-refractivity contribution is 5.88. The molecule has 0 saturated carbocycles. The number of likely N-dealkylation sites (tertiary alicyclic amines) is 1. The fraction of sp³-hybridized carbons (Fsp3) is 0.370. The van der Waals surface area contributed by atoms with Crippen molar-refractivity contribution >= 4 is 16.8 Å². The van der Waals surface area contributed by atoms with E-state index in [9.17, 15) is 9.18 Å². The number of hydrogen-bond donors (Lipinski definition) is 2. The third-order valence-corrected chi connectivity index (χ3v) is 7.28. The number of para-hydroxylation sites is 1. The number of amides is 1. The first-order valence-corrected chi connectivity index (χ1v) is 12.5. The van der Waals surface area contributed by atoms with Gasteiger partial charge in [0, 0.05) is 48.3 Å². The van der Waals surface area contributed by atoms with Gasteiger partial charge in [0.2, 0.25) is 5.91 Å². The second-order valence-electron chi connectivity index (χ2n) is 9.64. The van der Waals surface area contributed by atoms with E-state index in [1.807, 2.05) is 41.2 Å². The fourth-order valence-electron chi connectivity index (χ4n) is 5.29. The Hall–Kier alpha value is -3.56. The summed E-state index contributed by atoms with van der Waals surface area (Å²) >= 11 is 0. The lowest BCUT2D eigenvalue weighted by molar-refractivity contribution is -0.121. The van der Waals surface area contributed by atoms with Crippen molar-refractivity contribution < 1.29 is 13.9 Å². The van der Waals surface area contributed by atoms with Crippen LogP contribution in [0.25, 0.3) is 10.9 Å². The molecule has 1 amide bonds. The molecule has 1 saturated heterocycles. The van der Waals surface area contributed by atoms with Crippen LogP contribution in [-0.2, 0) is 35.6 Å². The second kappa shape index (κ2) is 9.83. The maximum atomic E-state index is 14.2. The Morgan fingerprint density at radius 1 is 1.14 bits per heavy atom. The van der Waals surface area contributed by atoms with E-state index in [1.165, 1.54) is 6.07 Å². The molecular formula is C27H29FN6O2. The van der Waals surface area contributed by atoms with Gasteiger partial charge in [0.1, 0.15) is 17.6 Å². The predicted molar refractivity (Wildman–Crippen MR) is 132 cm³/mol. The zero-order valence-electron chi connectivity index (χ0n) is 20.0. The van der Waals surface area contributed by atoms with Gasteiger partial charge in [0.25, 0.3) is 0 Å². The van der Waals surface area contributed by atoms with Crippen molar-refractivity contribution in [3.8, 4) is 0 Å². The molecule has 1 atom stereocenters. The molecule has 2 aromatic heterocycles. The Morgan fingerprint density at radius 2 is 1.94 bits per heavy atom. The monoisotopic (exact) mass is 488 g/mol. The number of rotatable bonds is 6. The van der Waals surface area contributed by atoms with E-state index < -0.39 is 0 Å². The van der Waals surface area contributed by atoms with Crippen LogP contribution in [-0.4, -0.2) is 49.9 Å². The lowest BCUT2D eigenvalue weighted by Gasteiger charge is -2.32. The number of benzene rings is 2. The molecule has 186 valence electrons. The third-order valence-electron chi connectivity index (χ3n) is 7.28. The van der Waals surface area contributed by atoms with Crippen LogP contribution in [0.1, 0.15) is 41.5 Å². The highest BCUT2D eigenvalue weighted by atomic mass is 19.1. The molecule has 6 rings (SSSR count). The minimum absolute atomic E-state index is 0.0622. The first kappa shape index (κ1) is 22.9. The number of piperidine rings is 1. The minimum atomic E-state index is -0.364. The van der Waals surface area contributed by atoms with Gasteiger partial charge >= 0.3 is 0 Å². The van der Waals surface area contributed by atoms with Crippen LogP contribution in [0.4, 0.5) is 4.39 Å². The molecule has 36 heavy (non-hydrogen) atoms. The van der Waals surface area contributed by atoms with E-state index >= 15 is 0 Å². The summed E-state index contributed by atoms with van der Waals surface area (Å²) in [6.07, 6.45) is 3.74. The lowest BCUT2D eigenvalue weighted by Crippen LogP contribution is -2.44. The van der Waals surface area contributed by atoms with E-state index in [0.29, 0.717) is 31.7 Å². The number of carbonyl (C=O) groups excluding carboxylic acids is 1. The van der Waals surface area contributed by atoms with Crippen molar-refractivity contribution in [3.05, 3.63) is 83.1 Å². The summed E-state index contributed by atoms with van der Waals surface area (Å²) in [6, 6.07) is 14.9. The smallest absolute Gasteiger partial charge is 0.224 e. The van der Waals surface area contributed by atoms with Crippen LogP contribution in [0.2, 0.25) is 0 Å². The van der Waals surface area contributed by atoms with Crippen LogP contribution in [0.15, 0.2) is 54.7 Å². The highest BCUT2D eigenvalue weighted by Crippen LogP contribution is 2.29. The molecular weight excluding hydrogens is 459 g/mol. The van der Waals surface area contributed by atoms with Crippen molar-refractivity contribution in [1.29, 1.82) is 0 Å². The zero-order chi connectivity index (χ0) is 24.5. The Labute approximate surface area is 208 Å². The number of H-pyrrole nitrogens is 1. The van der Waals surface area contributed by atoms with Crippen molar-refractivity contribution in [2.75, 3.05) is 13.1 Å². The van der Waals surface area contributed by atoms with Crippen molar-refractivity contribution in [2.24, 2.45) is 0 Å². The van der Waals surface area contributed by atoms with Crippen molar-refractivity contribution in [2.45, 2.75) is 51.1 Å². The van der Waals surface area contributed by atoms with E-state index in [-0.39, 0.29) is 23.9 Å². The van der Waals surface area contributed by atoms with E-state index in [1.54, 1.807) is 12.1 Å². The molecule has 4 aromatic rings. The first-order valence-electron chi connectivity index (χ1n) is 12.5. The molecule has 4 heterocycles. The molecule has 0 bridgehead atoms. The predicted octanol–water partition coefficient (Wildman–Crippen LogP) is 3.49. The van der Waals surface area contributed by atoms with Crippen LogP contribution in [0.5, 0.6) is 0 Å². The average molecular weight is 489 g/mol. The van der Waals surface area contributed by atoms with E-state index in [0.717, 1.165) is 53.8 Å². The number of aromatic amines is 1. The van der Waals surface area contributed by atoms with Gasteiger partial charge in [-0.3, -0.25) is 9.69 Å². The van der Waals surface area contributed by atoms with Crippen molar-refractivity contribution in [3.63, 3.8) is 0 Å². The number of fused-ring (bicyclic) bond motifs is 2. The Morgan fingerprint density at radius 3 is 2.81 bits per heavy atom. The summed E-state index contributed by atoms with van der Waals surface area (Å²) < 4.78 is 22.0. The Kier molecular flexibility index (Phi) is 6.25. The van der Waals surface area contributed by atoms with Crippen LogP contribution in [0, 0.1) is 5.82 Å². The zero-order valence-corrected chi connectivity index (χ0v) is 20.0. The molecule has 2 aliphatic rings. The summed E-state index contributed by atoms with van der Waals surface area (Å²) in [5, 5.41) is 13.0. The fourth-order valence-corrected chi connectivity index (χ4v) is 5.29. The van der Waals surface area contributed by atoms with E-state index in [2.05, 4.69) is 25.5 Å². The Bertz CT molecular complexity index is 1370. The standard InChI is InChI=1S/C27H29FN6O2/c28-22-7-3-1-6-21(22)26-16-34-25(17-36-26)24(31-32-34)15-33-11-9-19(10-12-33)30-27(35)13-18-14-29-23-8-4-2-5-20(18)23/h1-8,14,19,26,29H,9-13,15-17H2,(H,30,35). The van der Waals surface area contributed by atoms with Crippen molar-refractivity contribution in [1.82, 2.24) is 30.2 Å². The van der Waals surface area contributed by atoms with Gasteiger partial charge < -0.3 is 15.0 Å². The average Bonchev–Trinajstić information content (AvgIpc) is 3.49. The lowest BCUT2D eigenvalue weighted by atomic mass is 10.0. The van der Waals surface area contributed by atoms with Crippen LogP contribution < -0.4 is 5.32 Å². The number of carbonyl (C=O) groups is 1. The van der Waals surface area contributed by atoms with Gasteiger partial charge in [0.05, 0.1) is 25.3 Å². The summed E-state index contributed by atoms with van der Waals surface area (Å²) in [4.78, 5) is 18.3. The molecule has 9 heteroatoms. The maximum Gasteiger partial charge on any atom is 0.224 e. The minimum Gasteiger partial charge on any atom is -0.365 e. The molecule has 2 aromatic carbocycles. The number of nitrogens with zero attached hydrogens (tertiary/aromatic N) is 4. The molecule has 1 unspecified atom stereocenters. The number of ether oxygens (including phenoxy) is 1. The SMILES string of the molecule is O=C(Cc1c[nH]c2ccccc12)NC1CCN(Cc2nnn3c2COC(c2ccccc2F)C3)CC1. The van der Waals surface area contributed by atoms with Crippen LogP contribution >= 0.6 is 0 Å². The molecule has 0 aliphatic carbocycles. The second-order valence-corrected chi connectivity index (χ2v) is 9.64. The largest absolute Gasteiger partial charge is 0.365 e. The van der Waals surface area contributed by atoms with Gasteiger partial charge in [-0.2, -0.15) is 0 Å². The van der Waals surface area contributed by atoms with Gasteiger partial charge in [-0.25, -0.2) is 9.07 Å². The summed E-state index contributed by atoms with van der Waals surface area (Å²) in [6.45, 7) is 3.26. The maximum absolute atomic E-state index is 14.2. The molecule has 0 radical (unpaired) electrons. The summed E-state index contributed by atoms with van der Waals surface area (Å²) in [5.74, 6) is -0.199. The van der Waals surface area contributed by atoms with Gasteiger partial charge in [-0.05, 0) is 30.5 Å². The molecule has 1 fully saturated rings. The highest BCUT2D eigenvalue weighted by Gasteiger charge is 2.28. The van der Waals surface area contributed by atoms with E-state index in [4.69, 9.17) is 4.74 Å². The number of hydrogen-bond acceptors (Lipinski definition) is 5. The Balaban J connectivity index is 1.01. The summed E-state index contributed by atoms with van der Waals surface area (Å²) in [5.41, 5.74) is 4.49. The molecule has 0 spiro atoms. The van der Waals surface area contributed by atoms with Gasteiger partial charge in [0.15, 0.2) is 0 Å². The summed E-state index contributed by atoms with van der Waals surface area (Å²) in [7, 11) is 0. The van der Waals surface area contributed by atoms with Gasteiger partial charge in [-0.15, -0.1) is 5.10 Å². The first-order chi connectivity index (χ1) is 17.6. The molecule has 2 aliphatic heterocycles. The molecule has 8 nitrogen and oxygen atoms in total. The normalized spacial score (nSPS) is 18.9. The quantitative estimate of drug-likeness (QED) is 0.434. The molecule has 2 N–H and O–H groups in total. The number of aromatic nitrogens is 4.